The highest BCUT2D eigenvalue weighted by molar-refractivity contribution is 6.30. The summed E-state index contributed by atoms with van der Waals surface area (Å²) in [7, 11) is 0. The monoisotopic (exact) mass is 385 g/mol. The molecule has 4 rings (SSSR count). The van der Waals surface area contributed by atoms with Crippen LogP contribution in [0.25, 0.3) is 10.9 Å². The van der Waals surface area contributed by atoms with E-state index in [9.17, 15) is 9.59 Å². The molecule has 0 atom stereocenters. The van der Waals surface area contributed by atoms with Crippen molar-refractivity contribution in [2.24, 2.45) is 0 Å². The summed E-state index contributed by atoms with van der Waals surface area (Å²) in [6, 6.07) is 7.29. The predicted molar refractivity (Wildman–Crippen MR) is 105 cm³/mol. The molecule has 1 fully saturated rings. The first-order valence-electron chi connectivity index (χ1n) is 8.94. The van der Waals surface area contributed by atoms with Crippen molar-refractivity contribution in [3.05, 3.63) is 63.2 Å². The molecular formula is C20H20ClN3O3. The number of pyridine rings is 1. The summed E-state index contributed by atoms with van der Waals surface area (Å²) >= 11 is 5.89. The Balaban J connectivity index is 1.45. The minimum Gasteiger partial charge on any atom is -0.490 e. The van der Waals surface area contributed by atoms with Crippen LogP contribution in [0.2, 0.25) is 5.02 Å². The lowest BCUT2D eigenvalue weighted by Gasteiger charge is -2.32. The minimum absolute atomic E-state index is 0.0591. The maximum atomic E-state index is 12.9. The first-order chi connectivity index (χ1) is 13.0. The van der Waals surface area contributed by atoms with Gasteiger partial charge in [-0.05, 0) is 36.8 Å². The largest absolute Gasteiger partial charge is 0.490 e. The Morgan fingerprint density at radius 1 is 1.15 bits per heavy atom. The fourth-order valence-corrected chi connectivity index (χ4v) is 3.64. The molecule has 1 aliphatic heterocycles. The molecule has 1 aromatic carbocycles. The number of nitrogens with one attached hydrogen (secondary N) is 2. The van der Waals surface area contributed by atoms with Crippen LogP contribution in [0.3, 0.4) is 0 Å². The topological polar surface area (TPSA) is 78.2 Å². The molecular weight excluding hydrogens is 366 g/mol. The zero-order chi connectivity index (χ0) is 19.0. The van der Waals surface area contributed by atoms with E-state index in [-0.39, 0.29) is 17.6 Å². The fraction of sp³-hybridized carbons (Fsp3) is 0.300. The second kappa shape index (κ2) is 7.12. The Hall–Kier alpha value is -2.73. The molecule has 3 heterocycles. The summed E-state index contributed by atoms with van der Waals surface area (Å²) in [5.74, 6) is 0.658. The first kappa shape index (κ1) is 17.7. The van der Waals surface area contributed by atoms with Crippen molar-refractivity contribution < 1.29 is 9.53 Å². The van der Waals surface area contributed by atoms with E-state index in [1.165, 1.54) is 0 Å². The van der Waals surface area contributed by atoms with Crippen LogP contribution < -0.4 is 10.3 Å². The van der Waals surface area contributed by atoms with E-state index in [0.717, 1.165) is 24.2 Å². The smallest absolute Gasteiger partial charge is 0.258 e. The van der Waals surface area contributed by atoms with Gasteiger partial charge in [-0.1, -0.05) is 11.6 Å². The number of halogens is 1. The third-order valence-corrected chi connectivity index (χ3v) is 5.25. The third kappa shape index (κ3) is 3.45. The molecule has 27 heavy (non-hydrogen) atoms. The van der Waals surface area contributed by atoms with Crippen molar-refractivity contribution in [1.29, 1.82) is 0 Å². The number of hydrogen-bond donors (Lipinski definition) is 2. The van der Waals surface area contributed by atoms with E-state index in [2.05, 4.69) is 9.97 Å². The Kier molecular flexibility index (Phi) is 4.66. The van der Waals surface area contributed by atoms with Crippen molar-refractivity contribution in [2.75, 3.05) is 13.1 Å². The number of benzene rings is 1. The molecule has 0 radical (unpaired) electrons. The molecule has 0 unspecified atom stereocenters. The summed E-state index contributed by atoms with van der Waals surface area (Å²) in [4.78, 5) is 32.7. The van der Waals surface area contributed by atoms with Gasteiger partial charge in [0.1, 0.15) is 11.9 Å². The minimum atomic E-state index is -0.249. The first-order valence-corrected chi connectivity index (χ1v) is 9.31. The van der Waals surface area contributed by atoms with Gasteiger partial charge in [-0.25, -0.2) is 0 Å². The fourth-order valence-electron chi connectivity index (χ4n) is 3.51. The quantitative estimate of drug-likeness (QED) is 0.724. The second-order valence-electron chi connectivity index (χ2n) is 6.82. The molecule has 1 amide bonds. The molecule has 2 aromatic heterocycles. The van der Waals surface area contributed by atoms with Gasteiger partial charge >= 0.3 is 0 Å². The number of aromatic nitrogens is 2. The molecule has 1 saturated heterocycles. The number of aromatic amines is 2. The van der Waals surface area contributed by atoms with Crippen molar-refractivity contribution in [1.82, 2.24) is 14.9 Å². The van der Waals surface area contributed by atoms with Crippen LogP contribution in [-0.4, -0.2) is 40.0 Å². The predicted octanol–water partition coefficient (Wildman–Crippen LogP) is 3.50. The Labute approximate surface area is 161 Å². The van der Waals surface area contributed by atoms with Gasteiger partial charge < -0.3 is 19.6 Å². The van der Waals surface area contributed by atoms with Gasteiger partial charge in [0.15, 0.2) is 0 Å². The van der Waals surface area contributed by atoms with Crippen LogP contribution in [0.1, 0.15) is 28.8 Å². The molecule has 3 aromatic rings. The number of aryl methyl sites for hydroxylation is 1. The Bertz CT molecular complexity index is 1030. The Morgan fingerprint density at radius 2 is 1.85 bits per heavy atom. The van der Waals surface area contributed by atoms with Gasteiger partial charge in [-0.2, -0.15) is 0 Å². The van der Waals surface area contributed by atoms with E-state index in [1.807, 2.05) is 19.1 Å². The number of nitrogens with zero attached hydrogens (tertiary/aromatic N) is 1. The number of carbonyl (C=O) groups is 1. The van der Waals surface area contributed by atoms with Gasteiger partial charge in [0.25, 0.3) is 11.5 Å². The summed E-state index contributed by atoms with van der Waals surface area (Å²) in [6.45, 7) is 3.07. The van der Waals surface area contributed by atoms with Crippen molar-refractivity contribution in [3.63, 3.8) is 0 Å². The van der Waals surface area contributed by atoms with Crippen LogP contribution in [0, 0.1) is 6.92 Å². The van der Waals surface area contributed by atoms with E-state index >= 15 is 0 Å². The van der Waals surface area contributed by atoms with Crippen molar-refractivity contribution >= 4 is 28.4 Å². The van der Waals surface area contributed by atoms with Crippen molar-refractivity contribution in [2.45, 2.75) is 25.9 Å². The van der Waals surface area contributed by atoms with Crippen LogP contribution in [-0.2, 0) is 0 Å². The summed E-state index contributed by atoms with van der Waals surface area (Å²) < 4.78 is 5.98. The SMILES string of the molecule is Cc1c[nH]c(=O)c2c(C(=O)N3CCC(Oc4ccc(Cl)cc4)CC3)c[nH]c12. The highest BCUT2D eigenvalue weighted by atomic mass is 35.5. The number of carbonyl (C=O) groups excluding carboxylic acids is 1. The normalized spacial score (nSPS) is 15.3. The number of ether oxygens (including phenoxy) is 1. The third-order valence-electron chi connectivity index (χ3n) is 5.00. The number of piperidine rings is 1. The zero-order valence-electron chi connectivity index (χ0n) is 14.9. The van der Waals surface area contributed by atoms with Crippen LogP contribution >= 0.6 is 11.6 Å². The van der Waals surface area contributed by atoms with Gasteiger partial charge in [-0.15, -0.1) is 0 Å². The van der Waals surface area contributed by atoms with Gasteiger partial charge in [-0.3, -0.25) is 9.59 Å². The molecule has 2 N–H and O–H groups in total. The average Bonchev–Trinajstić information content (AvgIpc) is 3.13. The van der Waals surface area contributed by atoms with Crippen LogP contribution in [0.4, 0.5) is 0 Å². The number of rotatable bonds is 3. The maximum absolute atomic E-state index is 12.9. The summed E-state index contributed by atoms with van der Waals surface area (Å²) in [5.41, 5.74) is 1.79. The van der Waals surface area contributed by atoms with E-state index in [4.69, 9.17) is 16.3 Å². The van der Waals surface area contributed by atoms with E-state index in [1.54, 1.807) is 29.4 Å². The lowest BCUT2D eigenvalue weighted by Crippen LogP contribution is -2.41. The van der Waals surface area contributed by atoms with E-state index in [0.29, 0.717) is 34.6 Å². The second-order valence-corrected chi connectivity index (χ2v) is 7.25. The number of amides is 1. The number of H-pyrrole nitrogens is 2. The lowest BCUT2D eigenvalue weighted by molar-refractivity contribution is 0.0597. The van der Waals surface area contributed by atoms with Crippen LogP contribution in [0.5, 0.6) is 5.75 Å². The lowest BCUT2D eigenvalue weighted by atomic mass is 10.1. The van der Waals surface area contributed by atoms with Gasteiger partial charge in [0, 0.05) is 43.3 Å². The van der Waals surface area contributed by atoms with Gasteiger partial charge in [0.05, 0.1) is 16.5 Å². The number of likely N-dealkylation sites (tertiary alicyclic amines) is 1. The van der Waals surface area contributed by atoms with Gasteiger partial charge in [0.2, 0.25) is 0 Å². The molecule has 0 spiro atoms. The summed E-state index contributed by atoms with van der Waals surface area (Å²) in [5, 5.41) is 1.10. The molecule has 0 bridgehead atoms. The average molecular weight is 386 g/mol. The Morgan fingerprint density at radius 3 is 2.56 bits per heavy atom. The van der Waals surface area contributed by atoms with Crippen LogP contribution in [0.15, 0.2) is 41.5 Å². The number of hydrogen-bond acceptors (Lipinski definition) is 3. The molecule has 6 nitrogen and oxygen atoms in total. The highest BCUT2D eigenvalue weighted by Gasteiger charge is 2.27. The summed E-state index contributed by atoms with van der Waals surface area (Å²) in [6.07, 6.45) is 4.82. The number of fused-ring (bicyclic) bond motifs is 1. The highest BCUT2D eigenvalue weighted by Crippen LogP contribution is 2.23. The molecule has 0 saturated carbocycles. The van der Waals surface area contributed by atoms with Crippen molar-refractivity contribution in [3.8, 4) is 5.75 Å². The molecule has 0 aliphatic carbocycles. The zero-order valence-corrected chi connectivity index (χ0v) is 15.7. The van der Waals surface area contributed by atoms with E-state index < -0.39 is 0 Å². The molecule has 7 heteroatoms. The maximum Gasteiger partial charge on any atom is 0.258 e. The molecule has 140 valence electrons. The molecule has 1 aliphatic rings. The standard InChI is InChI=1S/C20H20ClN3O3/c1-12-10-23-19(25)17-16(11-22-18(12)17)20(26)24-8-6-15(7-9-24)27-14-4-2-13(21)3-5-14/h2-5,10-11,15,22H,6-9H2,1H3,(H,23,25).